The molecule has 10 heteroatoms. The summed E-state index contributed by atoms with van der Waals surface area (Å²) in [5.74, 6) is -1.08. The van der Waals surface area contributed by atoms with E-state index in [1.54, 1.807) is 12.1 Å². The zero-order chi connectivity index (χ0) is 20.6. The van der Waals surface area contributed by atoms with Crippen LogP contribution in [-0.2, 0) is 10.1 Å². The Balaban J connectivity index is 0.000000214. The van der Waals surface area contributed by atoms with Gasteiger partial charge in [-0.1, -0.05) is 53.7 Å². The molecule has 0 unspecified atom stereocenters. The Morgan fingerprint density at radius 2 is 1.37 bits per heavy atom. The first-order chi connectivity index (χ1) is 13.9. The summed E-state index contributed by atoms with van der Waals surface area (Å²) in [6.07, 6.45) is 0. The molecule has 0 fully saturated rings. The zero-order valence-electron chi connectivity index (χ0n) is 15.7. The molecule has 1 heterocycles. The first kappa shape index (κ1) is 22.0. The summed E-state index contributed by atoms with van der Waals surface area (Å²) in [6.45, 7) is 0. The number of nitrogens with one attached hydrogen (secondary N) is 1. The van der Waals surface area contributed by atoms with Gasteiger partial charge in [0, 0.05) is 16.7 Å². The van der Waals surface area contributed by atoms with Crippen LogP contribution in [-0.4, -0.2) is 39.9 Å². The summed E-state index contributed by atoms with van der Waals surface area (Å²) in [5, 5.41) is 10.2. The van der Waals surface area contributed by atoms with Crippen LogP contribution in [0.3, 0.4) is 0 Å². The van der Waals surface area contributed by atoms with Crippen LogP contribution in [0.1, 0.15) is 31.8 Å². The summed E-state index contributed by atoms with van der Waals surface area (Å²) in [5.41, 5.74) is 1.85. The Morgan fingerprint density at radius 3 is 2.03 bits per heavy atom. The minimum Gasteiger partial charge on any atom is -0.744 e. The van der Waals surface area contributed by atoms with Crippen molar-refractivity contribution in [3.63, 3.8) is 0 Å². The summed E-state index contributed by atoms with van der Waals surface area (Å²) >= 11 is 0. The van der Waals surface area contributed by atoms with Crippen molar-refractivity contribution in [3.05, 3.63) is 89.0 Å². The van der Waals surface area contributed by atoms with Gasteiger partial charge in [-0.15, -0.1) is 5.10 Å². The second kappa shape index (κ2) is 8.58. The number of aromatic nitrogens is 3. The first-order valence-corrected chi connectivity index (χ1v) is 9.82. The normalized spacial score (nSPS) is 12.3. The maximum Gasteiger partial charge on any atom is 1.00 e. The predicted octanol–water partition coefficient (Wildman–Crippen LogP) is -0.672. The molecule has 144 valence electrons. The quantitative estimate of drug-likeness (QED) is 0.276. The standard InChI is InChI=1S/C14H8O5S.C6H5N3.Na/c15-13-8-4-1-2-5-9(8)14(16)12-10(13)6-3-7-11(12)20(17,18)19;1-2-4-6-5(3-1)7-9-8-6;/h1-7H,(H,17,18,19);1-4H,(H,7,8,9);/q;;+1/p-1. The van der Waals surface area contributed by atoms with Gasteiger partial charge in [-0.3, -0.25) is 14.7 Å². The maximum atomic E-state index is 12.4. The smallest absolute Gasteiger partial charge is 0.744 e. The summed E-state index contributed by atoms with van der Waals surface area (Å²) < 4.78 is 33.7. The number of fused-ring (bicyclic) bond motifs is 3. The van der Waals surface area contributed by atoms with Crippen molar-refractivity contribution >= 4 is 32.7 Å². The molecule has 1 N–H and O–H groups in total. The van der Waals surface area contributed by atoms with Crippen LogP contribution in [0.15, 0.2) is 71.6 Å². The largest absolute Gasteiger partial charge is 1.00 e. The van der Waals surface area contributed by atoms with Gasteiger partial charge in [0.1, 0.15) is 15.6 Å². The number of hydrogen-bond acceptors (Lipinski definition) is 7. The van der Waals surface area contributed by atoms with Gasteiger partial charge in [0.15, 0.2) is 11.6 Å². The molecule has 1 aliphatic carbocycles. The Hall–Kier alpha value is -2.69. The second-order valence-electron chi connectivity index (χ2n) is 6.17. The van der Waals surface area contributed by atoms with E-state index in [0.717, 1.165) is 17.1 Å². The number of hydrogen-bond donors (Lipinski definition) is 1. The third-order valence-corrected chi connectivity index (χ3v) is 5.29. The van der Waals surface area contributed by atoms with E-state index >= 15 is 0 Å². The van der Waals surface area contributed by atoms with Crippen molar-refractivity contribution in [2.24, 2.45) is 0 Å². The number of carbonyl (C=O) groups excluding carboxylic acids is 2. The van der Waals surface area contributed by atoms with Gasteiger partial charge >= 0.3 is 29.6 Å². The van der Waals surface area contributed by atoms with Crippen molar-refractivity contribution in [3.8, 4) is 0 Å². The number of rotatable bonds is 1. The van der Waals surface area contributed by atoms with E-state index in [-0.39, 0.29) is 51.8 Å². The fourth-order valence-corrected chi connectivity index (χ4v) is 3.81. The molecule has 0 saturated heterocycles. The van der Waals surface area contributed by atoms with Crippen LogP contribution in [0.2, 0.25) is 0 Å². The maximum absolute atomic E-state index is 12.4. The van der Waals surface area contributed by atoms with Crippen molar-refractivity contribution in [2.75, 3.05) is 0 Å². The molecule has 5 rings (SSSR count). The van der Waals surface area contributed by atoms with Gasteiger partial charge in [-0.05, 0) is 18.2 Å². The number of aromatic amines is 1. The molecule has 1 aliphatic rings. The zero-order valence-corrected chi connectivity index (χ0v) is 18.5. The van der Waals surface area contributed by atoms with Crippen LogP contribution in [0.5, 0.6) is 0 Å². The molecule has 1 aromatic heterocycles. The number of ketones is 2. The summed E-state index contributed by atoms with van der Waals surface area (Å²) in [6, 6.07) is 17.5. The van der Waals surface area contributed by atoms with E-state index < -0.39 is 26.6 Å². The molecule has 3 aromatic carbocycles. The van der Waals surface area contributed by atoms with Gasteiger partial charge < -0.3 is 4.55 Å². The van der Waals surface area contributed by atoms with Crippen LogP contribution in [0.25, 0.3) is 11.0 Å². The van der Waals surface area contributed by atoms with Crippen molar-refractivity contribution in [2.45, 2.75) is 4.90 Å². The van der Waals surface area contributed by atoms with E-state index in [1.165, 1.54) is 24.3 Å². The van der Waals surface area contributed by atoms with Crippen LogP contribution in [0, 0.1) is 0 Å². The summed E-state index contributed by atoms with van der Waals surface area (Å²) in [4.78, 5) is 24.0. The molecule has 8 nitrogen and oxygen atoms in total. The van der Waals surface area contributed by atoms with Crippen molar-refractivity contribution < 1.29 is 52.1 Å². The van der Waals surface area contributed by atoms with Crippen molar-refractivity contribution in [1.82, 2.24) is 15.4 Å². The van der Waals surface area contributed by atoms with Gasteiger partial charge in [0.05, 0.1) is 16.0 Å². The van der Waals surface area contributed by atoms with E-state index in [0.29, 0.717) is 0 Å². The molecule has 0 amide bonds. The third kappa shape index (κ3) is 3.98. The molecular weight excluding hydrogens is 417 g/mol. The molecular formula is C20H12N3NaO5S. The SMILES string of the molecule is O=C1c2ccccc2C(=O)c2c1cccc2S(=O)(=O)[O-].[Na+].c1ccc2[nH]nnc2c1. The fourth-order valence-electron chi connectivity index (χ4n) is 3.11. The Kier molecular flexibility index (Phi) is 6.30. The molecule has 0 spiro atoms. The van der Waals surface area contributed by atoms with E-state index in [1.807, 2.05) is 24.3 Å². The van der Waals surface area contributed by atoms with Gasteiger partial charge in [-0.25, -0.2) is 8.42 Å². The molecule has 0 radical (unpaired) electrons. The fraction of sp³-hybridized carbons (Fsp3) is 0. The number of para-hydroxylation sites is 1. The molecule has 0 saturated carbocycles. The monoisotopic (exact) mass is 429 g/mol. The van der Waals surface area contributed by atoms with Gasteiger partial charge in [-0.2, -0.15) is 0 Å². The Labute approximate surface area is 193 Å². The minimum absolute atomic E-state index is 0. The molecule has 0 bridgehead atoms. The second-order valence-corrected chi connectivity index (χ2v) is 7.51. The topological polar surface area (TPSA) is 133 Å². The average molecular weight is 429 g/mol. The molecule has 4 aromatic rings. The average Bonchev–Trinajstić information content (AvgIpc) is 3.20. The number of benzene rings is 3. The van der Waals surface area contributed by atoms with E-state index in [2.05, 4.69) is 15.4 Å². The summed E-state index contributed by atoms with van der Waals surface area (Å²) in [7, 11) is -4.83. The number of nitrogens with zero attached hydrogens (tertiary/aromatic N) is 2. The van der Waals surface area contributed by atoms with E-state index in [4.69, 9.17) is 0 Å². The van der Waals surface area contributed by atoms with Crippen LogP contribution in [0.4, 0.5) is 0 Å². The first-order valence-electron chi connectivity index (χ1n) is 8.41. The third-order valence-electron chi connectivity index (χ3n) is 4.42. The van der Waals surface area contributed by atoms with Crippen LogP contribution < -0.4 is 29.6 Å². The molecule has 0 atom stereocenters. The number of carbonyl (C=O) groups is 2. The Bertz CT molecular complexity index is 1350. The predicted molar refractivity (Wildman–Crippen MR) is 102 cm³/mol. The van der Waals surface area contributed by atoms with E-state index in [9.17, 15) is 22.6 Å². The number of H-pyrrole nitrogens is 1. The minimum atomic E-state index is -4.83. The van der Waals surface area contributed by atoms with Gasteiger partial charge in [0.2, 0.25) is 0 Å². The molecule has 0 aliphatic heterocycles. The van der Waals surface area contributed by atoms with Crippen LogP contribution >= 0.6 is 0 Å². The van der Waals surface area contributed by atoms with Gasteiger partial charge in [0.25, 0.3) is 0 Å². The van der Waals surface area contributed by atoms with Crippen molar-refractivity contribution in [1.29, 1.82) is 0 Å². The molecule has 30 heavy (non-hydrogen) atoms. The Morgan fingerprint density at radius 1 is 0.767 bits per heavy atom.